The summed E-state index contributed by atoms with van der Waals surface area (Å²) in [5.74, 6) is 0. The fourth-order valence-corrected chi connectivity index (χ4v) is 2.70. The maximum Gasteiger partial charge on any atom is 0.151 e. The summed E-state index contributed by atoms with van der Waals surface area (Å²) in [4.78, 5) is 4.68. The zero-order chi connectivity index (χ0) is 13.2. The average Bonchev–Trinajstić information content (AvgIpc) is 2.26. The van der Waals surface area contributed by atoms with E-state index in [4.69, 9.17) is 11.6 Å². The summed E-state index contributed by atoms with van der Waals surface area (Å²) >= 11 is 5.73. The van der Waals surface area contributed by atoms with Gasteiger partial charge >= 0.3 is 0 Å². The second kappa shape index (κ2) is 5.51. The van der Waals surface area contributed by atoms with Crippen molar-refractivity contribution >= 4 is 11.6 Å². The largest absolute Gasteiger partial charge is 0.302 e. The molecule has 1 aromatic rings. The van der Waals surface area contributed by atoms with Gasteiger partial charge in [-0.05, 0) is 52.5 Å². The number of rotatable bonds is 5. The van der Waals surface area contributed by atoms with Crippen LogP contribution in [0.1, 0.15) is 25.0 Å². The van der Waals surface area contributed by atoms with Crippen molar-refractivity contribution in [2.45, 2.75) is 31.3 Å². The van der Waals surface area contributed by atoms with Crippen LogP contribution in [-0.4, -0.2) is 53.2 Å². The van der Waals surface area contributed by atoms with Crippen LogP contribution in [0.4, 0.5) is 0 Å². The molecule has 1 saturated carbocycles. The lowest BCUT2D eigenvalue weighted by atomic mass is 9.75. The Kier molecular flexibility index (Phi) is 4.20. The van der Waals surface area contributed by atoms with Crippen LogP contribution in [-0.2, 0) is 6.54 Å². The fraction of sp³-hybridized carbons (Fsp3) is 0.692. The molecule has 2 rings (SSSR count). The van der Waals surface area contributed by atoms with Gasteiger partial charge in [-0.2, -0.15) is 5.10 Å². The van der Waals surface area contributed by atoms with E-state index < -0.39 is 0 Å². The van der Waals surface area contributed by atoms with Crippen LogP contribution in [0.2, 0.25) is 5.15 Å². The van der Waals surface area contributed by atoms with Crippen LogP contribution in [0.3, 0.4) is 0 Å². The van der Waals surface area contributed by atoms with Crippen LogP contribution >= 0.6 is 11.6 Å². The Labute approximate surface area is 114 Å². The molecular weight excluding hydrogens is 248 g/mol. The molecule has 5 heteroatoms. The SMILES string of the molecule is CN(Cc1ccc(Cl)nn1)CC1(N(C)C)CCC1. The van der Waals surface area contributed by atoms with Gasteiger partial charge in [-0.1, -0.05) is 11.6 Å². The average molecular weight is 269 g/mol. The highest BCUT2D eigenvalue weighted by Crippen LogP contribution is 2.36. The Morgan fingerprint density at radius 2 is 1.94 bits per heavy atom. The summed E-state index contributed by atoms with van der Waals surface area (Å²) in [6, 6.07) is 3.73. The quantitative estimate of drug-likeness (QED) is 0.818. The van der Waals surface area contributed by atoms with Gasteiger partial charge in [-0.25, -0.2) is 0 Å². The zero-order valence-electron chi connectivity index (χ0n) is 11.4. The molecule has 18 heavy (non-hydrogen) atoms. The molecule has 1 fully saturated rings. The predicted octanol–water partition coefficient (Wildman–Crippen LogP) is 2.05. The molecule has 1 heterocycles. The van der Waals surface area contributed by atoms with Gasteiger partial charge in [-0.15, -0.1) is 5.10 Å². The Morgan fingerprint density at radius 3 is 2.39 bits per heavy atom. The predicted molar refractivity (Wildman–Crippen MR) is 73.6 cm³/mol. The van der Waals surface area contributed by atoms with Crippen molar-refractivity contribution in [3.8, 4) is 0 Å². The number of halogens is 1. The summed E-state index contributed by atoms with van der Waals surface area (Å²) in [5.41, 5.74) is 1.32. The Balaban J connectivity index is 1.92. The normalized spacial score (nSPS) is 18.1. The topological polar surface area (TPSA) is 32.3 Å². The fourth-order valence-electron chi connectivity index (χ4n) is 2.59. The molecule has 0 bridgehead atoms. The maximum atomic E-state index is 5.73. The summed E-state index contributed by atoms with van der Waals surface area (Å²) in [6.07, 6.45) is 3.92. The highest BCUT2D eigenvalue weighted by Gasteiger charge is 2.39. The number of aromatic nitrogens is 2. The van der Waals surface area contributed by atoms with E-state index in [0.29, 0.717) is 10.7 Å². The summed E-state index contributed by atoms with van der Waals surface area (Å²) in [6.45, 7) is 1.89. The lowest BCUT2D eigenvalue weighted by Crippen LogP contribution is -2.56. The van der Waals surface area contributed by atoms with E-state index in [1.165, 1.54) is 19.3 Å². The summed E-state index contributed by atoms with van der Waals surface area (Å²) < 4.78 is 0. The number of nitrogens with zero attached hydrogens (tertiary/aromatic N) is 4. The molecule has 1 aliphatic rings. The molecule has 1 aromatic heterocycles. The molecule has 4 nitrogen and oxygen atoms in total. The van der Waals surface area contributed by atoms with E-state index in [-0.39, 0.29) is 0 Å². The van der Waals surface area contributed by atoms with Gasteiger partial charge in [0.15, 0.2) is 5.15 Å². The maximum absolute atomic E-state index is 5.73. The van der Waals surface area contributed by atoms with E-state index in [1.54, 1.807) is 6.07 Å². The smallest absolute Gasteiger partial charge is 0.151 e. The van der Waals surface area contributed by atoms with Gasteiger partial charge in [-0.3, -0.25) is 4.90 Å². The first-order chi connectivity index (χ1) is 8.52. The Morgan fingerprint density at radius 1 is 1.22 bits per heavy atom. The standard InChI is InChI=1S/C13H21ClN4/c1-17(2)13(7-4-8-13)10-18(3)9-11-5-6-12(14)16-15-11/h5-6H,4,7-10H2,1-3H3. The zero-order valence-corrected chi connectivity index (χ0v) is 12.1. The second-order valence-electron chi connectivity index (χ2n) is 5.49. The number of likely N-dealkylation sites (N-methyl/N-ethyl adjacent to an activating group) is 2. The highest BCUT2D eigenvalue weighted by molar-refractivity contribution is 6.29. The van der Waals surface area contributed by atoms with Crippen molar-refractivity contribution in [3.63, 3.8) is 0 Å². The second-order valence-corrected chi connectivity index (χ2v) is 5.88. The molecular formula is C13H21ClN4. The van der Waals surface area contributed by atoms with Crippen molar-refractivity contribution in [3.05, 3.63) is 23.0 Å². The van der Waals surface area contributed by atoms with E-state index in [1.807, 2.05) is 6.07 Å². The minimum Gasteiger partial charge on any atom is -0.302 e. The Bertz CT molecular complexity index is 386. The third kappa shape index (κ3) is 2.99. The lowest BCUT2D eigenvalue weighted by molar-refractivity contribution is 0.0255. The molecule has 0 aromatic carbocycles. The first-order valence-electron chi connectivity index (χ1n) is 6.36. The van der Waals surface area contributed by atoms with Gasteiger partial charge < -0.3 is 4.90 Å². The van der Waals surface area contributed by atoms with Crippen LogP contribution in [0.5, 0.6) is 0 Å². The third-order valence-corrected chi connectivity index (χ3v) is 4.12. The molecule has 0 radical (unpaired) electrons. The minimum absolute atomic E-state index is 0.356. The molecule has 0 spiro atoms. The van der Waals surface area contributed by atoms with E-state index in [9.17, 15) is 0 Å². The molecule has 1 aliphatic carbocycles. The van der Waals surface area contributed by atoms with E-state index >= 15 is 0 Å². The van der Waals surface area contributed by atoms with Crippen molar-refractivity contribution in [1.82, 2.24) is 20.0 Å². The number of hydrogen-bond donors (Lipinski definition) is 0. The molecule has 100 valence electrons. The van der Waals surface area contributed by atoms with Crippen molar-refractivity contribution < 1.29 is 0 Å². The number of hydrogen-bond acceptors (Lipinski definition) is 4. The molecule has 0 N–H and O–H groups in total. The van der Waals surface area contributed by atoms with E-state index in [0.717, 1.165) is 18.8 Å². The molecule has 0 aliphatic heterocycles. The third-order valence-electron chi connectivity index (χ3n) is 3.92. The Hall–Kier alpha value is -0.710. The van der Waals surface area contributed by atoms with E-state index in [2.05, 4.69) is 41.1 Å². The van der Waals surface area contributed by atoms with Gasteiger partial charge in [0.05, 0.1) is 5.69 Å². The van der Waals surface area contributed by atoms with Gasteiger partial charge in [0, 0.05) is 18.6 Å². The van der Waals surface area contributed by atoms with Crippen LogP contribution in [0.25, 0.3) is 0 Å². The van der Waals surface area contributed by atoms with Gasteiger partial charge in [0.2, 0.25) is 0 Å². The monoisotopic (exact) mass is 268 g/mol. The van der Waals surface area contributed by atoms with Crippen molar-refractivity contribution in [2.24, 2.45) is 0 Å². The van der Waals surface area contributed by atoms with Crippen LogP contribution < -0.4 is 0 Å². The molecule has 0 unspecified atom stereocenters. The van der Waals surface area contributed by atoms with Gasteiger partial charge in [0.1, 0.15) is 0 Å². The summed E-state index contributed by atoms with van der Waals surface area (Å²) in [5, 5.41) is 8.43. The van der Waals surface area contributed by atoms with Crippen molar-refractivity contribution in [2.75, 3.05) is 27.7 Å². The van der Waals surface area contributed by atoms with Gasteiger partial charge in [0.25, 0.3) is 0 Å². The van der Waals surface area contributed by atoms with Crippen molar-refractivity contribution in [1.29, 1.82) is 0 Å². The first kappa shape index (κ1) is 13.7. The lowest BCUT2D eigenvalue weighted by Gasteiger charge is -2.49. The first-order valence-corrected chi connectivity index (χ1v) is 6.74. The minimum atomic E-state index is 0.356. The van der Waals surface area contributed by atoms with Crippen LogP contribution in [0.15, 0.2) is 12.1 Å². The highest BCUT2D eigenvalue weighted by atomic mass is 35.5. The summed E-state index contributed by atoms with van der Waals surface area (Å²) in [7, 11) is 6.49. The molecule has 0 atom stereocenters. The molecule has 0 saturated heterocycles. The van der Waals surface area contributed by atoms with Crippen LogP contribution in [0, 0.1) is 0 Å². The molecule has 0 amide bonds.